The van der Waals surface area contributed by atoms with Crippen LogP contribution >= 0.6 is 0 Å². The lowest BCUT2D eigenvalue weighted by Crippen LogP contribution is -2.40. The molecule has 4 rings (SSSR count). The third-order valence-electron chi connectivity index (χ3n) is 5.96. The van der Waals surface area contributed by atoms with Crippen LogP contribution in [0.3, 0.4) is 0 Å². The highest BCUT2D eigenvalue weighted by molar-refractivity contribution is 6.05. The number of aromatic nitrogens is 2. The number of likely N-dealkylation sites (N-methyl/N-ethyl adjacent to an activating group) is 2. The Labute approximate surface area is 169 Å². The van der Waals surface area contributed by atoms with Gasteiger partial charge < -0.3 is 9.80 Å². The number of urea groups is 1. The molecule has 0 bridgehead atoms. The summed E-state index contributed by atoms with van der Waals surface area (Å²) in [7, 11) is 4.96. The van der Waals surface area contributed by atoms with Crippen LogP contribution in [-0.2, 0) is 29.5 Å². The van der Waals surface area contributed by atoms with E-state index < -0.39 is 6.04 Å². The molecule has 1 saturated heterocycles. The molecule has 3 heterocycles. The second-order valence-electron chi connectivity index (χ2n) is 7.65. The van der Waals surface area contributed by atoms with Crippen molar-refractivity contribution in [2.75, 3.05) is 27.2 Å². The van der Waals surface area contributed by atoms with Crippen molar-refractivity contribution in [2.45, 2.75) is 25.3 Å². The smallest absolute Gasteiger partial charge is 0.326 e. The zero-order valence-electron chi connectivity index (χ0n) is 17.0. The van der Waals surface area contributed by atoms with Gasteiger partial charge in [0.05, 0.1) is 12.1 Å². The number of carbonyl (C=O) groups excluding carboxylic acids is 3. The van der Waals surface area contributed by atoms with Crippen LogP contribution in [-0.4, -0.2) is 75.6 Å². The van der Waals surface area contributed by atoms with E-state index in [2.05, 4.69) is 0 Å². The van der Waals surface area contributed by atoms with Crippen molar-refractivity contribution in [2.24, 2.45) is 7.05 Å². The van der Waals surface area contributed by atoms with Crippen LogP contribution in [0.25, 0.3) is 11.3 Å². The molecule has 0 saturated carbocycles. The maximum absolute atomic E-state index is 12.9. The maximum atomic E-state index is 12.9. The largest absolute Gasteiger partial charge is 0.342 e. The summed E-state index contributed by atoms with van der Waals surface area (Å²) in [5, 5.41) is 4.71. The molecule has 1 aromatic heterocycles. The predicted molar refractivity (Wildman–Crippen MR) is 107 cm³/mol. The zero-order chi connectivity index (χ0) is 20.7. The van der Waals surface area contributed by atoms with E-state index in [1.807, 2.05) is 42.1 Å². The molecular weight excluding hydrogens is 370 g/mol. The maximum Gasteiger partial charge on any atom is 0.326 e. The number of imide groups is 1. The minimum atomic E-state index is -0.716. The lowest BCUT2D eigenvalue weighted by atomic mass is 10.0. The fourth-order valence-electron chi connectivity index (χ4n) is 4.23. The first kappa shape index (κ1) is 19.2. The van der Waals surface area contributed by atoms with Crippen LogP contribution in [0.1, 0.15) is 17.7 Å². The van der Waals surface area contributed by atoms with Gasteiger partial charge in [0, 0.05) is 57.5 Å². The number of carbonyl (C=O) groups is 3. The van der Waals surface area contributed by atoms with Gasteiger partial charge in [0.25, 0.3) is 5.91 Å². The van der Waals surface area contributed by atoms with Gasteiger partial charge in [0.1, 0.15) is 6.04 Å². The van der Waals surface area contributed by atoms with E-state index in [4.69, 9.17) is 5.10 Å². The molecule has 8 nitrogen and oxygen atoms in total. The van der Waals surface area contributed by atoms with Gasteiger partial charge >= 0.3 is 6.03 Å². The molecule has 1 unspecified atom stereocenters. The third kappa shape index (κ3) is 3.28. The summed E-state index contributed by atoms with van der Waals surface area (Å²) in [5.41, 5.74) is 4.36. The van der Waals surface area contributed by atoms with Crippen LogP contribution in [0.2, 0.25) is 0 Å². The van der Waals surface area contributed by atoms with E-state index in [0.29, 0.717) is 25.9 Å². The Morgan fingerprint density at radius 1 is 1.07 bits per heavy atom. The van der Waals surface area contributed by atoms with Crippen LogP contribution < -0.4 is 0 Å². The monoisotopic (exact) mass is 395 g/mol. The van der Waals surface area contributed by atoms with Gasteiger partial charge in [-0.2, -0.15) is 5.10 Å². The van der Waals surface area contributed by atoms with Gasteiger partial charge in [-0.3, -0.25) is 19.2 Å². The first-order chi connectivity index (χ1) is 13.9. The van der Waals surface area contributed by atoms with Gasteiger partial charge in [-0.1, -0.05) is 30.3 Å². The summed E-state index contributed by atoms with van der Waals surface area (Å²) in [5.74, 6) is -0.417. The molecule has 0 spiro atoms. The molecule has 1 aromatic carbocycles. The average molecular weight is 395 g/mol. The second-order valence-corrected chi connectivity index (χ2v) is 7.65. The molecule has 0 aliphatic carbocycles. The summed E-state index contributed by atoms with van der Waals surface area (Å²) in [4.78, 5) is 41.4. The highest BCUT2D eigenvalue weighted by Gasteiger charge is 2.42. The van der Waals surface area contributed by atoms with Crippen LogP contribution in [0, 0.1) is 0 Å². The van der Waals surface area contributed by atoms with E-state index in [1.165, 1.54) is 17.5 Å². The molecule has 152 valence electrons. The SMILES string of the molecule is CN1C(=O)C(CC(=O)N2CCc3c(-c4ccccc4)nn(C)c3CC2)N(C)C1=O. The number of benzene rings is 1. The molecule has 2 aromatic rings. The number of amides is 4. The van der Waals surface area contributed by atoms with Crippen molar-refractivity contribution in [3.63, 3.8) is 0 Å². The Hall–Kier alpha value is -3.16. The van der Waals surface area contributed by atoms with E-state index in [0.717, 1.165) is 21.9 Å². The number of nitrogens with zero attached hydrogens (tertiary/aromatic N) is 5. The quantitative estimate of drug-likeness (QED) is 0.734. The standard InChI is InChI=1S/C21H25N5O3/c1-23-17(20(28)24(2)21(23)29)13-18(27)26-11-9-15-16(10-12-26)25(3)22-19(15)14-7-5-4-6-8-14/h4-8,17H,9-13H2,1-3H3. The summed E-state index contributed by atoms with van der Waals surface area (Å²) < 4.78 is 1.91. The number of hydrogen-bond acceptors (Lipinski definition) is 4. The molecule has 1 atom stereocenters. The molecule has 2 aliphatic rings. The van der Waals surface area contributed by atoms with Gasteiger partial charge in [0.2, 0.25) is 5.91 Å². The molecule has 29 heavy (non-hydrogen) atoms. The summed E-state index contributed by atoms with van der Waals surface area (Å²) in [6, 6.07) is 8.99. The fraction of sp³-hybridized carbons (Fsp3) is 0.429. The molecule has 0 radical (unpaired) electrons. The molecule has 0 N–H and O–H groups in total. The Morgan fingerprint density at radius 2 is 1.76 bits per heavy atom. The van der Waals surface area contributed by atoms with Gasteiger partial charge in [-0.25, -0.2) is 4.79 Å². The first-order valence-corrected chi connectivity index (χ1v) is 9.80. The fourth-order valence-corrected chi connectivity index (χ4v) is 4.23. The van der Waals surface area contributed by atoms with Crippen LogP contribution in [0.5, 0.6) is 0 Å². The van der Waals surface area contributed by atoms with Crippen molar-refractivity contribution < 1.29 is 14.4 Å². The Balaban J connectivity index is 1.50. The van der Waals surface area contributed by atoms with Crippen molar-refractivity contribution in [3.8, 4) is 11.3 Å². The van der Waals surface area contributed by atoms with E-state index >= 15 is 0 Å². The summed E-state index contributed by atoms with van der Waals surface area (Å²) in [6.07, 6.45) is 1.45. The highest BCUT2D eigenvalue weighted by Crippen LogP contribution is 2.28. The van der Waals surface area contributed by atoms with Crippen molar-refractivity contribution in [1.29, 1.82) is 0 Å². The van der Waals surface area contributed by atoms with Crippen molar-refractivity contribution >= 4 is 17.8 Å². The number of aryl methyl sites for hydroxylation is 1. The average Bonchev–Trinajstić information content (AvgIpc) is 3.01. The molecule has 8 heteroatoms. The Morgan fingerprint density at radius 3 is 2.41 bits per heavy atom. The minimum Gasteiger partial charge on any atom is -0.342 e. The van der Waals surface area contributed by atoms with Crippen molar-refractivity contribution in [3.05, 3.63) is 41.6 Å². The summed E-state index contributed by atoms with van der Waals surface area (Å²) in [6.45, 7) is 1.15. The van der Waals surface area contributed by atoms with Gasteiger partial charge in [0.15, 0.2) is 0 Å². The van der Waals surface area contributed by atoms with Gasteiger partial charge in [-0.15, -0.1) is 0 Å². The highest BCUT2D eigenvalue weighted by atomic mass is 16.2. The second kappa shape index (κ2) is 7.35. The first-order valence-electron chi connectivity index (χ1n) is 9.80. The molecule has 1 fully saturated rings. The third-order valence-corrected chi connectivity index (χ3v) is 5.96. The summed E-state index contributed by atoms with van der Waals surface area (Å²) >= 11 is 0. The van der Waals surface area contributed by atoms with Crippen LogP contribution in [0.15, 0.2) is 30.3 Å². The van der Waals surface area contributed by atoms with Crippen molar-refractivity contribution in [1.82, 2.24) is 24.5 Å². The number of fused-ring (bicyclic) bond motifs is 1. The Kier molecular flexibility index (Phi) is 4.86. The lowest BCUT2D eigenvalue weighted by molar-refractivity contribution is -0.136. The number of rotatable bonds is 3. The normalized spacial score (nSPS) is 19.6. The molecular formula is C21H25N5O3. The van der Waals surface area contributed by atoms with Gasteiger partial charge in [-0.05, 0) is 6.42 Å². The van der Waals surface area contributed by atoms with E-state index in [9.17, 15) is 14.4 Å². The topological polar surface area (TPSA) is 78.8 Å². The number of hydrogen-bond donors (Lipinski definition) is 0. The zero-order valence-corrected chi connectivity index (χ0v) is 17.0. The van der Waals surface area contributed by atoms with Crippen LogP contribution in [0.4, 0.5) is 4.79 Å². The lowest BCUT2D eigenvalue weighted by Gasteiger charge is -2.23. The molecule has 2 aliphatic heterocycles. The minimum absolute atomic E-state index is 0.0194. The van der Waals surface area contributed by atoms with E-state index in [1.54, 1.807) is 11.9 Å². The predicted octanol–water partition coefficient (Wildman–Crippen LogP) is 1.30. The molecule has 4 amide bonds. The van der Waals surface area contributed by atoms with E-state index in [-0.39, 0.29) is 24.3 Å². The Bertz CT molecular complexity index is 968.